The molecule has 0 bridgehead atoms. The van der Waals surface area contributed by atoms with Crippen molar-refractivity contribution in [1.82, 2.24) is 15.5 Å². The molecule has 0 aromatic carbocycles. The first-order chi connectivity index (χ1) is 12.8. The van der Waals surface area contributed by atoms with Crippen molar-refractivity contribution in [1.29, 1.82) is 0 Å². The van der Waals surface area contributed by atoms with Gasteiger partial charge in [-0.1, -0.05) is 0 Å². The van der Waals surface area contributed by atoms with Crippen LogP contribution in [0.2, 0.25) is 0 Å². The molecule has 2 aliphatic heterocycles. The Labute approximate surface area is 161 Å². The van der Waals surface area contributed by atoms with Gasteiger partial charge >= 0.3 is 0 Å². The molecule has 2 aliphatic rings. The Hall–Kier alpha value is -1.15. The lowest BCUT2D eigenvalue weighted by Crippen LogP contribution is -2.42. The number of nitrogens with one attached hydrogen (secondary N) is 2. The van der Waals surface area contributed by atoms with Gasteiger partial charge < -0.3 is 20.1 Å². The van der Waals surface area contributed by atoms with Crippen molar-refractivity contribution in [2.75, 3.05) is 52.5 Å². The molecule has 0 amide bonds. The first kappa shape index (κ1) is 19.6. The number of fused-ring (bicyclic) bond motifs is 1. The zero-order chi connectivity index (χ0) is 18.0. The summed E-state index contributed by atoms with van der Waals surface area (Å²) in [5, 5.41) is 9.00. The number of ether oxygens (including phenoxy) is 2. The summed E-state index contributed by atoms with van der Waals surface area (Å²) in [6.45, 7) is 10.3. The van der Waals surface area contributed by atoms with Gasteiger partial charge in [-0.25, -0.2) is 0 Å². The quantitative estimate of drug-likeness (QED) is 0.389. The molecule has 0 spiro atoms. The molecule has 0 saturated carbocycles. The molecule has 2 N–H and O–H groups in total. The Balaban J connectivity index is 1.31. The summed E-state index contributed by atoms with van der Waals surface area (Å²) >= 11 is 1.90. The van der Waals surface area contributed by atoms with Crippen LogP contribution in [0, 0.1) is 0 Å². The molecule has 1 saturated heterocycles. The molecule has 1 aromatic rings. The van der Waals surface area contributed by atoms with Crippen LogP contribution < -0.4 is 10.6 Å². The van der Waals surface area contributed by atoms with E-state index in [1.165, 1.54) is 12.0 Å². The van der Waals surface area contributed by atoms with Crippen molar-refractivity contribution in [3.05, 3.63) is 21.9 Å². The molecule has 146 valence electrons. The Morgan fingerprint density at radius 1 is 1.46 bits per heavy atom. The van der Waals surface area contributed by atoms with Crippen LogP contribution in [-0.2, 0) is 22.4 Å². The number of guanidine groups is 1. The van der Waals surface area contributed by atoms with Crippen molar-refractivity contribution in [2.45, 2.75) is 38.8 Å². The van der Waals surface area contributed by atoms with Gasteiger partial charge in [-0.15, -0.1) is 11.3 Å². The number of hydrogen-bond acceptors (Lipinski definition) is 5. The van der Waals surface area contributed by atoms with Crippen LogP contribution in [0.4, 0.5) is 0 Å². The van der Waals surface area contributed by atoms with Gasteiger partial charge in [0.1, 0.15) is 0 Å². The minimum Gasteiger partial charge on any atom is -0.379 e. The number of rotatable bonds is 9. The fourth-order valence-corrected chi connectivity index (χ4v) is 4.21. The second-order valence-electron chi connectivity index (χ2n) is 6.79. The van der Waals surface area contributed by atoms with Crippen molar-refractivity contribution in [3.63, 3.8) is 0 Å². The molecule has 1 fully saturated rings. The summed E-state index contributed by atoms with van der Waals surface area (Å²) in [6, 6.07) is 2.27. The predicted octanol–water partition coefficient (Wildman–Crippen LogP) is 1.86. The highest BCUT2D eigenvalue weighted by atomic mass is 32.1. The second kappa shape index (κ2) is 10.9. The summed E-state index contributed by atoms with van der Waals surface area (Å²) in [7, 11) is 0. The van der Waals surface area contributed by atoms with Crippen molar-refractivity contribution in [3.8, 4) is 0 Å². The number of nitrogens with zero attached hydrogens (tertiary/aromatic N) is 2. The van der Waals surface area contributed by atoms with Gasteiger partial charge in [0.25, 0.3) is 0 Å². The number of thiophene rings is 1. The van der Waals surface area contributed by atoms with Gasteiger partial charge in [-0.05, 0) is 43.2 Å². The molecular formula is C19H32N4O2S. The van der Waals surface area contributed by atoms with Gasteiger partial charge in [-0.3, -0.25) is 9.89 Å². The van der Waals surface area contributed by atoms with E-state index in [-0.39, 0.29) is 0 Å². The Morgan fingerprint density at radius 3 is 3.27 bits per heavy atom. The van der Waals surface area contributed by atoms with E-state index in [9.17, 15) is 0 Å². The molecule has 0 radical (unpaired) electrons. The van der Waals surface area contributed by atoms with Gasteiger partial charge in [0.15, 0.2) is 5.96 Å². The van der Waals surface area contributed by atoms with E-state index in [4.69, 9.17) is 9.47 Å². The first-order valence-electron chi connectivity index (χ1n) is 9.84. The molecule has 1 unspecified atom stereocenters. The van der Waals surface area contributed by atoms with Crippen LogP contribution in [0.25, 0.3) is 0 Å². The minimum atomic E-state index is 0.290. The molecule has 3 rings (SSSR count). The minimum absolute atomic E-state index is 0.290. The third-order valence-electron chi connectivity index (χ3n) is 4.77. The predicted molar refractivity (Wildman–Crippen MR) is 107 cm³/mol. The monoisotopic (exact) mass is 380 g/mol. The van der Waals surface area contributed by atoms with E-state index in [0.717, 1.165) is 77.9 Å². The van der Waals surface area contributed by atoms with E-state index < -0.39 is 0 Å². The van der Waals surface area contributed by atoms with E-state index >= 15 is 0 Å². The summed E-state index contributed by atoms with van der Waals surface area (Å²) in [5.41, 5.74) is 1.51. The maximum Gasteiger partial charge on any atom is 0.191 e. The lowest BCUT2D eigenvalue weighted by atomic mass is 10.1. The summed E-state index contributed by atoms with van der Waals surface area (Å²) in [6.07, 6.45) is 3.45. The Morgan fingerprint density at radius 2 is 2.42 bits per heavy atom. The maximum atomic E-state index is 5.79. The lowest BCUT2D eigenvalue weighted by molar-refractivity contribution is 0.0424. The van der Waals surface area contributed by atoms with E-state index in [1.54, 1.807) is 4.88 Å². The highest BCUT2D eigenvalue weighted by Gasteiger charge is 2.17. The van der Waals surface area contributed by atoms with Gasteiger partial charge in [-0.2, -0.15) is 0 Å². The van der Waals surface area contributed by atoms with Crippen LogP contribution in [0.3, 0.4) is 0 Å². The Kier molecular flexibility index (Phi) is 8.20. The van der Waals surface area contributed by atoms with E-state index in [0.29, 0.717) is 6.10 Å². The van der Waals surface area contributed by atoms with Crippen molar-refractivity contribution in [2.24, 2.45) is 4.99 Å². The van der Waals surface area contributed by atoms with Gasteiger partial charge in [0, 0.05) is 57.4 Å². The third-order valence-corrected chi connectivity index (χ3v) is 5.79. The standard InChI is InChI=1S/C19H32N4O2S/c1-2-20-19(21-7-3-11-25-17-5-12-24-15-17)22-8-10-23-9-4-18-16(14-23)6-13-26-18/h6,13,17H,2-5,7-12,14-15H2,1H3,(H2,20,21,22). The largest absolute Gasteiger partial charge is 0.379 e. The van der Waals surface area contributed by atoms with Crippen LogP contribution >= 0.6 is 11.3 Å². The fourth-order valence-electron chi connectivity index (χ4n) is 3.32. The van der Waals surface area contributed by atoms with Gasteiger partial charge in [0.2, 0.25) is 0 Å². The zero-order valence-electron chi connectivity index (χ0n) is 15.8. The van der Waals surface area contributed by atoms with Crippen LogP contribution in [-0.4, -0.2) is 69.5 Å². The fraction of sp³-hybridized carbons (Fsp3) is 0.737. The molecule has 26 heavy (non-hydrogen) atoms. The maximum absolute atomic E-state index is 5.79. The molecule has 1 atom stereocenters. The molecule has 1 aromatic heterocycles. The van der Waals surface area contributed by atoms with Crippen LogP contribution in [0.1, 0.15) is 30.2 Å². The average Bonchev–Trinajstić information content (AvgIpc) is 3.32. The smallest absolute Gasteiger partial charge is 0.191 e. The summed E-state index contributed by atoms with van der Waals surface area (Å²) < 4.78 is 11.1. The van der Waals surface area contributed by atoms with Crippen molar-refractivity contribution < 1.29 is 9.47 Å². The van der Waals surface area contributed by atoms with E-state index in [1.807, 2.05) is 11.3 Å². The molecule has 3 heterocycles. The SMILES string of the molecule is CCNC(=NCCCOC1CCOC1)NCCN1CCc2sccc2C1. The first-order valence-corrected chi connectivity index (χ1v) is 10.7. The van der Waals surface area contributed by atoms with E-state index in [2.05, 4.69) is 38.9 Å². The third kappa shape index (κ3) is 6.23. The molecule has 7 heteroatoms. The van der Waals surface area contributed by atoms with Crippen LogP contribution in [0.5, 0.6) is 0 Å². The van der Waals surface area contributed by atoms with Gasteiger partial charge in [0.05, 0.1) is 12.7 Å². The number of hydrogen-bond donors (Lipinski definition) is 2. The second-order valence-corrected chi connectivity index (χ2v) is 7.79. The highest BCUT2D eigenvalue weighted by molar-refractivity contribution is 7.10. The normalized spacial score (nSPS) is 21.0. The topological polar surface area (TPSA) is 58.1 Å². The molecule has 0 aliphatic carbocycles. The van der Waals surface area contributed by atoms with Crippen molar-refractivity contribution >= 4 is 17.3 Å². The summed E-state index contributed by atoms with van der Waals surface area (Å²) in [4.78, 5) is 8.74. The molecule has 6 nitrogen and oxygen atoms in total. The zero-order valence-corrected chi connectivity index (χ0v) is 16.7. The molecular weight excluding hydrogens is 348 g/mol. The lowest BCUT2D eigenvalue weighted by Gasteiger charge is -2.27. The Bertz CT molecular complexity index is 557. The number of aliphatic imine (C=N–C) groups is 1. The average molecular weight is 381 g/mol. The van der Waals surface area contributed by atoms with Crippen LogP contribution in [0.15, 0.2) is 16.4 Å². The summed E-state index contributed by atoms with van der Waals surface area (Å²) in [5.74, 6) is 0.907. The highest BCUT2D eigenvalue weighted by Crippen LogP contribution is 2.23.